The van der Waals surface area contributed by atoms with Crippen LogP contribution in [0.3, 0.4) is 0 Å². The quantitative estimate of drug-likeness (QED) is 0.475. The van der Waals surface area contributed by atoms with Gasteiger partial charge < -0.3 is 13.6 Å². The Bertz CT molecular complexity index is 230. The first-order chi connectivity index (χ1) is 8.47. The smallest absolute Gasteiger partial charge is 0.310 e. The first-order valence-electron chi connectivity index (χ1n) is 7.34. The molecule has 0 bridgehead atoms. The summed E-state index contributed by atoms with van der Waals surface area (Å²) in [7, 11) is -2.03. The highest BCUT2D eigenvalue weighted by Crippen LogP contribution is 2.49. The van der Waals surface area contributed by atoms with Crippen LogP contribution in [0.2, 0.25) is 19.6 Å². The molecule has 0 aliphatic carbocycles. The van der Waals surface area contributed by atoms with Crippen molar-refractivity contribution >= 4 is 37.2 Å². The second-order valence-corrected chi connectivity index (χ2v) is 15.1. The zero-order valence-electron chi connectivity index (χ0n) is 14.3. The fourth-order valence-corrected chi connectivity index (χ4v) is 4.68. The van der Waals surface area contributed by atoms with Crippen LogP contribution >= 0.6 is 8.60 Å². The predicted octanol–water partition coefficient (Wildman–Crippen LogP) is 2.12. The maximum absolute atomic E-state index is 6.19. The Morgan fingerprint density at radius 3 is 0.947 bits per heavy atom. The van der Waals surface area contributed by atoms with Crippen LogP contribution in [0.1, 0.15) is 41.5 Å². The highest BCUT2D eigenvalue weighted by atomic mass is 31.2. The topological polar surface area (TPSA) is 27.7 Å². The van der Waals surface area contributed by atoms with Crippen LogP contribution in [0.15, 0.2) is 0 Å². The van der Waals surface area contributed by atoms with Crippen LogP contribution < -0.4 is 0 Å². The van der Waals surface area contributed by atoms with E-state index in [0.29, 0.717) is 0 Å². The summed E-state index contributed by atoms with van der Waals surface area (Å²) < 4.78 is 18.6. The Labute approximate surface area is 128 Å². The summed E-state index contributed by atoms with van der Waals surface area (Å²) in [4.78, 5) is 0. The molecule has 0 saturated heterocycles. The highest BCUT2D eigenvalue weighted by Gasteiger charge is 2.34. The largest absolute Gasteiger partial charge is 0.333 e. The summed E-state index contributed by atoms with van der Waals surface area (Å²) in [5.74, 6) is 0. The molecular formula is C12H33O3PSi3. The van der Waals surface area contributed by atoms with Crippen molar-refractivity contribution < 1.29 is 13.6 Å². The molecule has 7 heteroatoms. The molecule has 0 saturated carbocycles. The summed E-state index contributed by atoms with van der Waals surface area (Å²) in [6.07, 6.45) is 0. The van der Waals surface area contributed by atoms with E-state index in [1.807, 2.05) is 0 Å². The molecule has 0 rings (SSSR count). The standard InChI is InChI=1S/C12H33O3PSi3/c1-10(2,17-7)13-16(14-11(3,4)18-8)15-12(5,6)19-9/h17-19H2,1-9H3. The number of hydrogen-bond donors (Lipinski definition) is 0. The lowest BCUT2D eigenvalue weighted by Gasteiger charge is -2.36. The van der Waals surface area contributed by atoms with Gasteiger partial charge in [-0.05, 0) is 41.5 Å². The molecular weight excluding hydrogens is 307 g/mol. The Hall–Kier alpha value is 0.961. The lowest BCUT2D eigenvalue weighted by molar-refractivity contribution is 0.0536. The maximum Gasteiger partial charge on any atom is 0.333 e. The lowest BCUT2D eigenvalue weighted by Crippen LogP contribution is -2.36. The van der Waals surface area contributed by atoms with E-state index in [9.17, 15) is 0 Å². The Morgan fingerprint density at radius 2 is 0.789 bits per heavy atom. The molecule has 3 nitrogen and oxygen atoms in total. The summed E-state index contributed by atoms with van der Waals surface area (Å²) in [5.41, 5.74) is 0. The molecule has 0 aliphatic rings. The third-order valence-corrected chi connectivity index (χ3v) is 11.7. The van der Waals surface area contributed by atoms with Crippen molar-refractivity contribution in [3.05, 3.63) is 0 Å². The van der Waals surface area contributed by atoms with Crippen LogP contribution in [0.4, 0.5) is 0 Å². The number of rotatable bonds is 9. The first-order valence-corrected chi connectivity index (χ1v) is 14.8. The predicted molar refractivity (Wildman–Crippen MR) is 95.6 cm³/mol. The normalized spacial score (nSPS) is 17.5. The fraction of sp³-hybridized carbons (Fsp3) is 1.00. The van der Waals surface area contributed by atoms with E-state index >= 15 is 0 Å². The van der Waals surface area contributed by atoms with E-state index in [-0.39, 0.29) is 44.2 Å². The summed E-state index contributed by atoms with van der Waals surface area (Å²) in [5, 5.41) is -0.159. The van der Waals surface area contributed by atoms with E-state index in [4.69, 9.17) is 13.6 Å². The molecule has 0 aromatic heterocycles. The molecule has 0 fully saturated rings. The van der Waals surface area contributed by atoms with Gasteiger partial charge in [-0.3, -0.25) is 0 Å². The average molecular weight is 341 g/mol. The van der Waals surface area contributed by atoms with Gasteiger partial charge in [-0.25, -0.2) is 0 Å². The molecule has 0 aromatic rings. The van der Waals surface area contributed by atoms with Crippen LogP contribution in [0.25, 0.3) is 0 Å². The maximum atomic E-state index is 6.19. The van der Waals surface area contributed by atoms with Gasteiger partial charge in [0.25, 0.3) is 0 Å². The fourth-order valence-electron chi connectivity index (χ4n) is 0.855. The molecule has 0 spiro atoms. The van der Waals surface area contributed by atoms with Crippen LogP contribution in [0, 0.1) is 0 Å². The summed E-state index contributed by atoms with van der Waals surface area (Å²) >= 11 is 0. The highest BCUT2D eigenvalue weighted by molar-refractivity contribution is 7.42. The SMILES string of the molecule is C[SiH2]C(C)(C)OP(OC(C)(C)[SiH2]C)OC(C)(C)[SiH2]C. The molecule has 0 atom stereocenters. The summed E-state index contributed by atoms with van der Waals surface area (Å²) in [6, 6.07) is 0. The van der Waals surface area contributed by atoms with Gasteiger partial charge in [0, 0.05) is 0 Å². The Morgan fingerprint density at radius 1 is 0.579 bits per heavy atom. The van der Waals surface area contributed by atoms with Gasteiger partial charge in [0.05, 0.1) is 44.2 Å². The Kier molecular flexibility index (Phi) is 8.22. The summed E-state index contributed by atoms with van der Waals surface area (Å²) in [6.45, 7) is 19.8. The van der Waals surface area contributed by atoms with Gasteiger partial charge in [-0.15, -0.1) is 0 Å². The van der Waals surface area contributed by atoms with Crippen LogP contribution in [-0.4, -0.2) is 44.2 Å². The van der Waals surface area contributed by atoms with Crippen molar-refractivity contribution in [2.45, 2.75) is 76.9 Å². The molecule has 0 unspecified atom stereocenters. The van der Waals surface area contributed by atoms with Gasteiger partial charge >= 0.3 is 8.60 Å². The van der Waals surface area contributed by atoms with Gasteiger partial charge in [0.15, 0.2) is 0 Å². The zero-order valence-corrected chi connectivity index (χ0v) is 19.4. The van der Waals surface area contributed by atoms with Gasteiger partial charge in [-0.1, -0.05) is 19.6 Å². The van der Waals surface area contributed by atoms with E-state index in [1.54, 1.807) is 0 Å². The van der Waals surface area contributed by atoms with E-state index < -0.39 is 8.60 Å². The van der Waals surface area contributed by atoms with Crippen molar-refractivity contribution in [2.24, 2.45) is 0 Å². The van der Waals surface area contributed by atoms with Gasteiger partial charge in [-0.2, -0.15) is 0 Å². The molecule has 0 heterocycles. The molecule has 0 aliphatic heterocycles. The molecule has 116 valence electrons. The first kappa shape index (κ1) is 20.0. The third-order valence-electron chi connectivity index (χ3n) is 3.52. The van der Waals surface area contributed by atoms with E-state index in [1.165, 1.54) is 0 Å². The molecule has 19 heavy (non-hydrogen) atoms. The van der Waals surface area contributed by atoms with Crippen LogP contribution in [-0.2, 0) is 13.6 Å². The van der Waals surface area contributed by atoms with Crippen molar-refractivity contribution in [3.8, 4) is 0 Å². The average Bonchev–Trinajstić information content (AvgIpc) is 2.27. The molecule has 0 aromatic carbocycles. The number of hydrogen-bond acceptors (Lipinski definition) is 3. The minimum absolute atomic E-state index is 0.0531. The zero-order chi connectivity index (χ0) is 15.3. The van der Waals surface area contributed by atoms with Crippen molar-refractivity contribution in [1.29, 1.82) is 0 Å². The van der Waals surface area contributed by atoms with Gasteiger partial charge in [0.2, 0.25) is 0 Å². The van der Waals surface area contributed by atoms with E-state index in [2.05, 4.69) is 61.2 Å². The molecule has 0 N–H and O–H groups in total. The minimum Gasteiger partial charge on any atom is -0.310 e. The second kappa shape index (κ2) is 7.82. The van der Waals surface area contributed by atoms with Crippen LogP contribution in [0.5, 0.6) is 0 Å². The minimum atomic E-state index is -1.24. The van der Waals surface area contributed by atoms with Crippen molar-refractivity contribution in [2.75, 3.05) is 0 Å². The molecule has 0 radical (unpaired) electrons. The van der Waals surface area contributed by atoms with Gasteiger partial charge in [0.1, 0.15) is 0 Å². The van der Waals surface area contributed by atoms with Crippen molar-refractivity contribution in [1.82, 2.24) is 0 Å². The monoisotopic (exact) mass is 340 g/mol. The Balaban J connectivity index is 4.84. The molecule has 0 amide bonds. The van der Waals surface area contributed by atoms with Crippen molar-refractivity contribution in [3.63, 3.8) is 0 Å². The second-order valence-electron chi connectivity index (χ2n) is 6.84. The third kappa shape index (κ3) is 8.75. The lowest BCUT2D eigenvalue weighted by atomic mass is 10.5. The van der Waals surface area contributed by atoms with E-state index in [0.717, 1.165) is 0 Å².